The Labute approximate surface area is 118 Å². The minimum Gasteiger partial charge on any atom is -0.409 e. The van der Waals surface area contributed by atoms with E-state index in [-0.39, 0.29) is 5.84 Å². The summed E-state index contributed by atoms with van der Waals surface area (Å²) in [5, 5.41) is 12.3. The van der Waals surface area contributed by atoms with Gasteiger partial charge in [0, 0.05) is 23.2 Å². The van der Waals surface area contributed by atoms with Crippen LogP contribution in [0, 0.1) is 5.92 Å². The first-order valence-corrected chi connectivity index (χ1v) is 6.87. The molecule has 0 radical (unpaired) electrons. The average molecular weight is 282 g/mol. The fraction of sp³-hybridized carbons (Fsp3) is 0.500. The number of benzene rings is 1. The molecule has 0 aliphatic heterocycles. The molecule has 104 valence electrons. The lowest BCUT2D eigenvalue weighted by Gasteiger charge is -2.25. The second-order valence-corrected chi connectivity index (χ2v) is 5.69. The van der Waals surface area contributed by atoms with Crippen LogP contribution < -0.4 is 5.73 Å². The van der Waals surface area contributed by atoms with Gasteiger partial charge in [-0.05, 0) is 44.4 Å². The van der Waals surface area contributed by atoms with E-state index in [1.54, 1.807) is 6.07 Å². The first kappa shape index (κ1) is 14.2. The van der Waals surface area contributed by atoms with Crippen molar-refractivity contribution >= 4 is 17.4 Å². The summed E-state index contributed by atoms with van der Waals surface area (Å²) < 4.78 is 0. The number of hydrogen-bond donors (Lipinski definition) is 2. The Kier molecular flexibility index (Phi) is 4.32. The molecule has 0 aromatic heterocycles. The number of rotatable bonds is 5. The van der Waals surface area contributed by atoms with Crippen molar-refractivity contribution in [3.8, 4) is 0 Å². The summed E-state index contributed by atoms with van der Waals surface area (Å²) in [6.07, 6.45) is 2.67. The van der Waals surface area contributed by atoms with Crippen molar-refractivity contribution in [2.24, 2.45) is 16.8 Å². The molecule has 0 saturated heterocycles. The Morgan fingerprint density at radius 2 is 2.26 bits per heavy atom. The highest BCUT2D eigenvalue weighted by Gasteiger charge is 2.30. The third-order valence-electron chi connectivity index (χ3n) is 3.88. The van der Waals surface area contributed by atoms with Crippen LogP contribution >= 0.6 is 11.6 Å². The lowest BCUT2D eigenvalue weighted by molar-refractivity contribution is 0.226. The summed E-state index contributed by atoms with van der Waals surface area (Å²) in [7, 11) is 2.12. The monoisotopic (exact) mass is 281 g/mol. The number of halogens is 1. The SMILES string of the molecule is CC(C1CC1)N(C)Cc1ccc(/C(N)=N/O)cc1Cl. The third kappa shape index (κ3) is 3.39. The van der Waals surface area contributed by atoms with Gasteiger partial charge < -0.3 is 10.9 Å². The highest BCUT2D eigenvalue weighted by Crippen LogP contribution is 2.35. The minimum atomic E-state index is 0.0770. The first-order chi connectivity index (χ1) is 9.02. The number of amidine groups is 1. The fourth-order valence-electron chi connectivity index (χ4n) is 2.24. The van der Waals surface area contributed by atoms with Crippen molar-refractivity contribution in [2.75, 3.05) is 7.05 Å². The van der Waals surface area contributed by atoms with Crippen LogP contribution in [0.3, 0.4) is 0 Å². The molecule has 0 amide bonds. The van der Waals surface area contributed by atoms with E-state index in [1.807, 2.05) is 12.1 Å². The Morgan fingerprint density at radius 3 is 2.79 bits per heavy atom. The Morgan fingerprint density at radius 1 is 1.58 bits per heavy atom. The second kappa shape index (κ2) is 5.80. The Balaban J connectivity index is 2.08. The largest absolute Gasteiger partial charge is 0.409 e. The molecule has 19 heavy (non-hydrogen) atoms. The van der Waals surface area contributed by atoms with Crippen LogP contribution in [0.5, 0.6) is 0 Å². The number of oxime groups is 1. The topological polar surface area (TPSA) is 61.8 Å². The molecule has 1 aliphatic carbocycles. The van der Waals surface area contributed by atoms with Crippen molar-refractivity contribution in [1.29, 1.82) is 0 Å². The molecular weight excluding hydrogens is 262 g/mol. The molecule has 1 atom stereocenters. The third-order valence-corrected chi connectivity index (χ3v) is 4.23. The highest BCUT2D eigenvalue weighted by molar-refractivity contribution is 6.31. The quantitative estimate of drug-likeness (QED) is 0.377. The summed E-state index contributed by atoms with van der Waals surface area (Å²) in [6, 6.07) is 6.08. The maximum absolute atomic E-state index is 8.65. The van der Waals surface area contributed by atoms with Crippen LogP contribution in [0.25, 0.3) is 0 Å². The summed E-state index contributed by atoms with van der Waals surface area (Å²) in [5.74, 6) is 0.911. The van der Waals surface area contributed by atoms with E-state index >= 15 is 0 Å². The molecule has 1 fully saturated rings. The van der Waals surface area contributed by atoms with Crippen LogP contribution in [-0.4, -0.2) is 29.0 Å². The van der Waals surface area contributed by atoms with E-state index in [4.69, 9.17) is 22.5 Å². The van der Waals surface area contributed by atoms with Crippen molar-refractivity contribution in [3.63, 3.8) is 0 Å². The van der Waals surface area contributed by atoms with Crippen molar-refractivity contribution in [1.82, 2.24) is 4.90 Å². The van der Waals surface area contributed by atoms with Crippen LogP contribution in [0.2, 0.25) is 5.02 Å². The van der Waals surface area contributed by atoms with Gasteiger partial charge in [0.25, 0.3) is 0 Å². The Bertz CT molecular complexity index is 486. The number of nitrogens with two attached hydrogens (primary N) is 1. The summed E-state index contributed by atoms with van der Waals surface area (Å²) in [4.78, 5) is 2.32. The zero-order valence-corrected chi connectivity index (χ0v) is 12.1. The van der Waals surface area contributed by atoms with Crippen LogP contribution in [0.1, 0.15) is 30.9 Å². The standard InChI is InChI=1S/C14H20ClN3O/c1-9(10-3-4-10)18(2)8-12-6-5-11(7-13(12)15)14(16)17-19/h5-7,9-10,19H,3-4,8H2,1-2H3,(H2,16,17). The lowest BCUT2D eigenvalue weighted by Crippen LogP contribution is -2.30. The zero-order valence-electron chi connectivity index (χ0n) is 11.3. The molecule has 1 saturated carbocycles. The van der Waals surface area contributed by atoms with E-state index in [2.05, 4.69) is 24.0 Å². The molecule has 1 aliphatic rings. The van der Waals surface area contributed by atoms with Gasteiger partial charge in [-0.25, -0.2) is 0 Å². The normalized spacial score (nSPS) is 17.8. The summed E-state index contributed by atoms with van der Waals surface area (Å²) in [5.41, 5.74) is 7.24. The van der Waals surface area contributed by atoms with Gasteiger partial charge in [0.15, 0.2) is 5.84 Å². The maximum atomic E-state index is 8.65. The maximum Gasteiger partial charge on any atom is 0.170 e. The van der Waals surface area contributed by atoms with Gasteiger partial charge in [-0.3, -0.25) is 4.90 Å². The molecule has 1 aromatic carbocycles. The molecule has 4 nitrogen and oxygen atoms in total. The minimum absolute atomic E-state index is 0.0770. The van der Waals surface area contributed by atoms with Gasteiger partial charge in [0.1, 0.15) is 0 Å². The van der Waals surface area contributed by atoms with Crippen molar-refractivity contribution in [2.45, 2.75) is 32.4 Å². The predicted molar refractivity (Wildman–Crippen MR) is 77.6 cm³/mol. The number of nitrogens with zero attached hydrogens (tertiary/aromatic N) is 2. The van der Waals surface area contributed by atoms with Gasteiger partial charge >= 0.3 is 0 Å². The molecular formula is C14H20ClN3O. The predicted octanol–water partition coefficient (Wildman–Crippen LogP) is 2.66. The van der Waals surface area contributed by atoms with Gasteiger partial charge in [-0.2, -0.15) is 0 Å². The van der Waals surface area contributed by atoms with Crippen molar-refractivity contribution < 1.29 is 5.21 Å². The highest BCUT2D eigenvalue weighted by atomic mass is 35.5. The Hall–Kier alpha value is -1.26. The zero-order chi connectivity index (χ0) is 14.0. The number of hydrogen-bond acceptors (Lipinski definition) is 3. The van der Waals surface area contributed by atoms with Gasteiger partial charge in [0.05, 0.1) is 0 Å². The van der Waals surface area contributed by atoms with E-state index in [0.29, 0.717) is 16.6 Å². The summed E-state index contributed by atoms with van der Waals surface area (Å²) >= 11 is 6.26. The molecule has 0 spiro atoms. The molecule has 5 heteroatoms. The average Bonchev–Trinajstić information content (AvgIpc) is 3.23. The lowest BCUT2D eigenvalue weighted by atomic mass is 10.1. The molecule has 0 heterocycles. The van der Waals surface area contributed by atoms with E-state index < -0.39 is 0 Å². The molecule has 0 bridgehead atoms. The van der Waals surface area contributed by atoms with E-state index in [9.17, 15) is 0 Å². The van der Waals surface area contributed by atoms with Crippen molar-refractivity contribution in [3.05, 3.63) is 34.3 Å². The smallest absolute Gasteiger partial charge is 0.170 e. The van der Waals surface area contributed by atoms with E-state index in [0.717, 1.165) is 18.0 Å². The first-order valence-electron chi connectivity index (χ1n) is 6.49. The van der Waals surface area contributed by atoms with Gasteiger partial charge in [-0.1, -0.05) is 28.9 Å². The van der Waals surface area contributed by atoms with Crippen LogP contribution in [0.15, 0.2) is 23.4 Å². The van der Waals surface area contributed by atoms with Crippen LogP contribution in [0.4, 0.5) is 0 Å². The van der Waals surface area contributed by atoms with Crippen LogP contribution in [-0.2, 0) is 6.54 Å². The fourth-order valence-corrected chi connectivity index (χ4v) is 2.48. The second-order valence-electron chi connectivity index (χ2n) is 5.28. The molecule has 3 N–H and O–H groups in total. The molecule has 1 aromatic rings. The van der Waals surface area contributed by atoms with Gasteiger partial charge in [-0.15, -0.1) is 0 Å². The van der Waals surface area contributed by atoms with Gasteiger partial charge in [0.2, 0.25) is 0 Å². The van der Waals surface area contributed by atoms with E-state index in [1.165, 1.54) is 12.8 Å². The molecule has 2 rings (SSSR count). The summed E-state index contributed by atoms with van der Waals surface area (Å²) in [6.45, 7) is 3.07. The molecule has 1 unspecified atom stereocenters.